The van der Waals surface area contributed by atoms with Crippen LogP contribution in [0, 0.1) is 10.1 Å². The monoisotopic (exact) mass is 443 g/mol. The third-order valence-corrected chi connectivity index (χ3v) is 4.64. The summed E-state index contributed by atoms with van der Waals surface area (Å²) in [5.74, 6) is 0.888. The molecule has 0 aliphatic rings. The number of nitro benzene ring substituents is 1. The van der Waals surface area contributed by atoms with Gasteiger partial charge in [-0.2, -0.15) is 0 Å². The molecule has 0 radical (unpaired) electrons. The third kappa shape index (κ3) is 5.07. The van der Waals surface area contributed by atoms with Crippen molar-refractivity contribution in [2.75, 3.05) is 7.11 Å². The summed E-state index contributed by atoms with van der Waals surface area (Å²) in [5.41, 5.74) is 1.32. The number of rotatable bonds is 8. The van der Waals surface area contributed by atoms with Gasteiger partial charge < -0.3 is 9.47 Å². The Kier molecular flexibility index (Phi) is 6.17. The van der Waals surface area contributed by atoms with Crippen LogP contribution in [0.3, 0.4) is 0 Å². The van der Waals surface area contributed by atoms with Crippen LogP contribution in [-0.4, -0.2) is 38.0 Å². The minimum Gasteiger partial charge on any atom is -0.497 e. The van der Waals surface area contributed by atoms with E-state index in [-0.39, 0.29) is 17.2 Å². The molecule has 0 spiro atoms. The average molecular weight is 443 g/mol. The first kappa shape index (κ1) is 21.4. The predicted octanol–water partition coefficient (Wildman–Crippen LogP) is 4.27. The Morgan fingerprint density at radius 1 is 1.06 bits per heavy atom. The fourth-order valence-electron chi connectivity index (χ4n) is 2.99. The second-order valence-electron chi connectivity index (χ2n) is 6.76. The van der Waals surface area contributed by atoms with Crippen molar-refractivity contribution in [2.45, 2.75) is 0 Å². The van der Waals surface area contributed by atoms with Crippen LogP contribution >= 0.6 is 0 Å². The summed E-state index contributed by atoms with van der Waals surface area (Å²) in [5, 5.41) is 22.5. The van der Waals surface area contributed by atoms with E-state index < -0.39 is 4.92 Å². The zero-order valence-corrected chi connectivity index (χ0v) is 17.4. The van der Waals surface area contributed by atoms with Crippen molar-refractivity contribution in [1.29, 1.82) is 0 Å². The van der Waals surface area contributed by atoms with Gasteiger partial charge in [0.15, 0.2) is 5.78 Å². The number of ether oxygens (including phenoxy) is 2. The minimum atomic E-state index is -0.534. The van der Waals surface area contributed by atoms with Crippen LogP contribution in [0.15, 0.2) is 79.1 Å². The minimum absolute atomic E-state index is 0.0859. The molecule has 164 valence electrons. The molecule has 0 atom stereocenters. The highest BCUT2D eigenvalue weighted by Crippen LogP contribution is 2.33. The highest BCUT2D eigenvalue weighted by molar-refractivity contribution is 6.07. The second-order valence-corrected chi connectivity index (χ2v) is 6.76. The van der Waals surface area contributed by atoms with E-state index in [9.17, 15) is 14.9 Å². The van der Waals surface area contributed by atoms with Crippen LogP contribution in [-0.2, 0) is 0 Å². The van der Waals surface area contributed by atoms with E-state index in [1.54, 1.807) is 61.7 Å². The maximum atomic E-state index is 12.6. The molecule has 0 unspecified atom stereocenters. The first-order valence-corrected chi connectivity index (χ1v) is 9.69. The SMILES string of the molecule is COc1ccc(Oc2ccc(C=CC(=O)c3cccc(-n4cnnn4)c3)cc2[N+](=O)[O-])cc1. The number of allylic oxidation sites excluding steroid dienone is 1. The highest BCUT2D eigenvalue weighted by Gasteiger charge is 2.16. The molecule has 4 aromatic rings. The third-order valence-electron chi connectivity index (χ3n) is 4.64. The van der Waals surface area contributed by atoms with Crippen LogP contribution < -0.4 is 9.47 Å². The number of carbonyl (C=O) groups excluding carboxylic acids is 1. The molecule has 4 rings (SSSR count). The molecular weight excluding hydrogens is 426 g/mol. The summed E-state index contributed by atoms with van der Waals surface area (Å²) >= 11 is 0. The lowest BCUT2D eigenvalue weighted by Gasteiger charge is -2.08. The van der Waals surface area contributed by atoms with Crippen LogP contribution in [0.25, 0.3) is 11.8 Å². The molecule has 1 aromatic heterocycles. The Hall–Kier alpha value is -4.86. The van der Waals surface area contributed by atoms with Crippen LogP contribution in [0.4, 0.5) is 5.69 Å². The highest BCUT2D eigenvalue weighted by atomic mass is 16.6. The number of benzene rings is 3. The number of hydrogen-bond donors (Lipinski definition) is 0. The lowest BCUT2D eigenvalue weighted by atomic mass is 10.1. The standard InChI is InChI=1S/C23H17N5O5/c1-32-19-7-9-20(10-8-19)33-23-12-6-16(13-21(23)28(30)31)5-11-22(29)17-3-2-4-18(14-17)27-15-24-25-26-27/h2-15H,1H3. The van der Waals surface area contributed by atoms with E-state index in [1.807, 2.05) is 0 Å². The normalized spacial score (nSPS) is 10.8. The van der Waals surface area contributed by atoms with Crippen molar-refractivity contribution in [2.24, 2.45) is 0 Å². The Morgan fingerprint density at radius 3 is 2.55 bits per heavy atom. The van der Waals surface area contributed by atoms with Gasteiger partial charge in [0.05, 0.1) is 17.7 Å². The van der Waals surface area contributed by atoms with Crippen molar-refractivity contribution in [1.82, 2.24) is 20.2 Å². The average Bonchev–Trinajstić information content (AvgIpc) is 3.39. The number of ketones is 1. The first-order chi connectivity index (χ1) is 16.0. The number of aromatic nitrogens is 4. The number of carbonyl (C=O) groups is 1. The van der Waals surface area contributed by atoms with Gasteiger partial charge in [-0.05, 0) is 64.5 Å². The summed E-state index contributed by atoms with van der Waals surface area (Å²) in [6, 6.07) is 18.0. The molecule has 0 fully saturated rings. The Bertz CT molecular complexity index is 1320. The van der Waals surface area contributed by atoms with Crippen molar-refractivity contribution in [3.8, 4) is 22.9 Å². The zero-order valence-electron chi connectivity index (χ0n) is 17.4. The Morgan fingerprint density at radius 2 is 1.85 bits per heavy atom. The molecule has 0 saturated heterocycles. The van der Waals surface area contributed by atoms with Gasteiger partial charge in [-0.1, -0.05) is 24.3 Å². The van der Waals surface area contributed by atoms with Gasteiger partial charge in [0.25, 0.3) is 0 Å². The number of tetrazole rings is 1. The van der Waals surface area contributed by atoms with Crippen molar-refractivity contribution in [3.63, 3.8) is 0 Å². The lowest BCUT2D eigenvalue weighted by Crippen LogP contribution is -1.99. The van der Waals surface area contributed by atoms with Gasteiger partial charge in [-0.25, -0.2) is 4.68 Å². The Labute approximate surface area is 187 Å². The number of hydrogen-bond acceptors (Lipinski definition) is 8. The molecule has 0 bridgehead atoms. The zero-order chi connectivity index (χ0) is 23.2. The summed E-state index contributed by atoms with van der Waals surface area (Å²) in [6.07, 6.45) is 4.28. The summed E-state index contributed by atoms with van der Waals surface area (Å²) in [7, 11) is 1.54. The lowest BCUT2D eigenvalue weighted by molar-refractivity contribution is -0.385. The van der Waals surface area contributed by atoms with Gasteiger partial charge in [0, 0.05) is 11.6 Å². The molecule has 1 heterocycles. The van der Waals surface area contributed by atoms with Crippen molar-refractivity contribution < 1.29 is 19.2 Å². The largest absolute Gasteiger partial charge is 0.497 e. The van der Waals surface area contributed by atoms with Gasteiger partial charge in [0.1, 0.15) is 17.8 Å². The quantitative estimate of drug-likeness (QED) is 0.171. The van der Waals surface area contributed by atoms with E-state index in [2.05, 4.69) is 15.5 Å². The molecule has 0 saturated carbocycles. The van der Waals surface area contributed by atoms with E-state index in [4.69, 9.17) is 9.47 Å². The molecule has 0 aliphatic heterocycles. The van der Waals surface area contributed by atoms with Crippen molar-refractivity contribution in [3.05, 3.63) is 100 Å². The molecule has 0 N–H and O–H groups in total. The summed E-state index contributed by atoms with van der Waals surface area (Å²) in [6.45, 7) is 0. The molecule has 0 amide bonds. The van der Waals surface area contributed by atoms with Gasteiger partial charge >= 0.3 is 5.69 Å². The molecule has 10 heteroatoms. The molecule has 10 nitrogen and oxygen atoms in total. The first-order valence-electron chi connectivity index (χ1n) is 9.69. The summed E-state index contributed by atoms with van der Waals surface area (Å²) in [4.78, 5) is 23.6. The number of nitro groups is 1. The molecule has 0 aliphatic carbocycles. The topological polar surface area (TPSA) is 122 Å². The fourth-order valence-corrected chi connectivity index (χ4v) is 2.99. The van der Waals surface area contributed by atoms with E-state index in [1.165, 1.54) is 35.3 Å². The molecular formula is C23H17N5O5. The van der Waals surface area contributed by atoms with Gasteiger partial charge in [-0.3, -0.25) is 14.9 Å². The van der Waals surface area contributed by atoms with E-state index >= 15 is 0 Å². The van der Waals surface area contributed by atoms with Crippen molar-refractivity contribution >= 4 is 17.5 Å². The molecule has 33 heavy (non-hydrogen) atoms. The van der Waals surface area contributed by atoms with Crippen LogP contribution in [0.2, 0.25) is 0 Å². The van der Waals surface area contributed by atoms with Crippen LogP contribution in [0.1, 0.15) is 15.9 Å². The number of nitrogens with zero attached hydrogens (tertiary/aromatic N) is 5. The van der Waals surface area contributed by atoms with E-state index in [0.717, 1.165) is 0 Å². The number of methoxy groups -OCH3 is 1. The smallest absolute Gasteiger partial charge is 0.312 e. The van der Waals surface area contributed by atoms with E-state index in [0.29, 0.717) is 28.3 Å². The second kappa shape index (κ2) is 9.52. The maximum Gasteiger partial charge on any atom is 0.312 e. The predicted molar refractivity (Wildman–Crippen MR) is 119 cm³/mol. The molecule has 3 aromatic carbocycles. The maximum absolute atomic E-state index is 12.6. The van der Waals surface area contributed by atoms with Gasteiger partial charge in [-0.15, -0.1) is 5.10 Å². The summed E-state index contributed by atoms with van der Waals surface area (Å²) < 4.78 is 12.2. The Balaban J connectivity index is 1.53. The van der Waals surface area contributed by atoms with Crippen LogP contribution in [0.5, 0.6) is 17.2 Å². The fraction of sp³-hybridized carbons (Fsp3) is 0.0435. The van der Waals surface area contributed by atoms with Gasteiger partial charge in [0.2, 0.25) is 5.75 Å².